The summed E-state index contributed by atoms with van der Waals surface area (Å²) >= 11 is 0. The second kappa shape index (κ2) is 3.71. The Morgan fingerprint density at radius 3 is 2.33 bits per heavy atom. The van der Waals surface area contributed by atoms with E-state index >= 15 is 0 Å². The van der Waals surface area contributed by atoms with Crippen molar-refractivity contribution < 1.29 is 14.9 Å². The molecule has 2 saturated carbocycles. The Bertz CT molecular complexity index is 350. The van der Waals surface area contributed by atoms with Crippen molar-refractivity contribution >= 4 is 0 Å². The van der Waals surface area contributed by atoms with Gasteiger partial charge in [0.15, 0.2) is 0 Å². The van der Waals surface area contributed by atoms with Crippen LogP contribution in [0.5, 0.6) is 0 Å². The van der Waals surface area contributed by atoms with Gasteiger partial charge in [-0.2, -0.15) is 0 Å². The zero-order valence-electron chi connectivity index (χ0n) is 11.9. The van der Waals surface area contributed by atoms with Crippen molar-refractivity contribution in [2.75, 3.05) is 0 Å². The zero-order chi connectivity index (χ0) is 13.3. The van der Waals surface area contributed by atoms with Crippen LogP contribution in [0.2, 0.25) is 0 Å². The summed E-state index contributed by atoms with van der Waals surface area (Å²) in [6.45, 7) is 8.72. The molecule has 18 heavy (non-hydrogen) atoms. The summed E-state index contributed by atoms with van der Waals surface area (Å²) in [5.74, 6) is 0.824. The Kier molecular flexibility index (Phi) is 2.66. The van der Waals surface area contributed by atoms with Crippen LogP contribution in [-0.4, -0.2) is 34.1 Å². The van der Waals surface area contributed by atoms with Gasteiger partial charge in [0.2, 0.25) is 0 Å². The molecule has 3 nitrogen and oxygen atoms in total. The largest absolute Gasteiger partial charge is 0.390 e. The summed E-state index contributed by atoms with van der Waals surface area (Å²) in [6, 6.07) is 0. The molecule has 2 N–H and O–H groups in total. The maximum atomic E-state index is 10.5. The lowest BCUT2D eigenvalue weighted by Gasteiger charge is -2.53. The van der Waals surface area contributed by atoms with Crippen molar-refractivity contribution in [1.29, 1.82) is 0 Å². The molecule has 3 rings (SSSR count). The Balaban J connectivity index is 2.05. The molecule has 6 unspecified atom stereocenters. The third-order valence-electron chi connectivity index (χ3n) is 5.83. The first-order chi connectivity index (χ1) is 8.26. The quantitative estimate of drug-likeness (QED) is 0.695. The number of rotatable bonds is 0. The molecule has 2 aliphatic carbocycles. The van der Waals surface area contributed by atoms with Crippen molar-refractivity contribution in [3.63, 3.8) is 0 Å². The molecule has 1 saturated heterocycles. The first-order valence-electron chi connectivity index (χ1n) is 7.30. The van der Waals surface area contributed by atoms with Crippen LogP contribution in [0, 0.1) is 23.2 Å². The standard InChI is InChI=1S/C15H26O3/c1-14(2)7-5-6-8-9(14)10-12(17)13(11(8)16)18-15(10,3)4/h8-13,16-17H,5-7H2,1-4H3. The van der Waals surface area contributed by atoms with E-state index in [9.17, 15) is 10.2 Å². The van der Waals surface area contributed by atoms with Gasteiger partial charge in [-0.1, -0.05) is 20.3 Å². The molecule has 1 heterocycles. The highest BCUT2D eigenvalue weighted by Gasteiger charge is 2.64. The van der Waals surface area contributed by atoms with Crippen LogP contribution in [0.25, 0.3) is 0 Å². The van der Waals surface area contributed by atoms with Gasteiger partial charge in [-0.3, -0.25) is 0 Å². The average molecular weight is 254 g/mol. The monoisotopic (exact) mass is 254 g/mol. The lowest BCUT2D eigenvalue weighted by molar-refractivity contribution is -0.141. The molecule has 0 aromatic heterocycles. The lowest BCUT2D eigenvalue weighted by Crippen LogP contribution is -2.58. The number of fused-ring (bicyclic) bond motifs is 4. The lowest BCUT2D eigenvalue weighted by atomic mass is 9.52. The summed E-state index contributed by atoms with van der Waals surface area (Å²) < 4.78 is 5.98. The van der Waals surface area contributed by atoms with Gasteiger partial charge in [-0.05, 0) is 43.9 Å². The fourth-order valence-electron chi connectivity index (χ4n) is 5.13. The second-order valence-electron chi connectivity index (χ2n) is 7.76. The molecule has 104 valence electrons. The van der Waals surface area contributed by atoms with Crippen molar-refractivity contribution in [3.8, 4) is 0 Å². The Morgan fingerprint density at radius 1 is 1.00 bits per heavy atom. The number of hydrogen-bond acceptors (Lipinski definition) is 3. The van der Waals surface area contributed by atoms with Crippen LogP contribution in [0.3, 0.4) is 0 Å². The van der Waals surface area contributed by atoms with E-state index in [2.05, 4.69) is 27.7 Å². The molecule has 0 radical (unpaired) electrons. The van der Waals surface area contributed by atoms with Gasteiger partial charge < -0.3 is 14.9 Å². The molecular formula is C15H26O3. The van der Waals surface area contributed by atoms with Crippen LogP contribution in [0.4, 0.5) is 0 Å². The molecule has 0 aromatic carbocycles. The Labute approximate surface area is 110 Å². The minimum atomic E-state index is -0.506. The molecule has 6 atom stereocenters. The highest BCUT2D eigenvalue weighted by Crippen LogP contribution is 2.59. The third kappa shape index (κ3) is 1.53. The minimum Gasteiger partial charge on any atom is -0.390 e. The number of hydrogen-bond donors (Lipinski definition) is 2. The van der Waals surface area contributed by atoms with Crippen molar-refractivity contribution in [2.45, 2.75) is 70.9 Å². The van der Waals surface area contributed by atoms with Crippen LogP contribution < -0.4 is 0 Å². The average Bonchev–Trinajstić information content (AvgIpc) is 2.41. The van der Waals surface area contributed by atoms with Gasteiger partial charge in [-0.25, -0.2) is 0 Å². The van der Waals surface area contributed by atoms with Crippen LogP contribution >= 0.6 is 0 Å². The summed E-state index contributed by atoms with van der Waals surface area (Å²) in [7, 11) is 0. The van der Waals surface area contributed by atoms with Gasteiger partial charge in [-0.15, -0.1) is 0 Å². The zero-order valence-corrected chi connectivity index (χ0v) is 11.9. The topological polar surface area (TPSA) is 49.7 Å². The van der Waals surface area contributed by atoms with Crippen LogP contribution in [0.15, 0.2) is 0 Å². The molecule has 3 fully saturated rings. The predicted octanol–water partition coefficient (Wildman–Crippen LogP) is 1.96. The Morgan fingerprint density at radius 2 is 1.67 bits per heavy atom. The van der Waals surface area contributed by atoms with E-state index in [0.29, 0.717) is 11.8 Å². The number of aliphatic hydroxyl groups is 2. The van der Waals surface area contributed by atoms with E-state index in [4.69, 9.17) is 4.74 Å². The second-order valence-corrected chi connectivity index (χ2v) is 7.76. The highest BCUT2D eigenvalue weighted by atomic mass is 16.5. The van der Waals surface area contributed by atoms with Gasteiger partial charge in [0.1, 0.15) is 6.10 Å². The Hall–Kier alpha value is -0.120. The maximum absolute atomic E-state index is 10.5. The summed E-state index contributed by atoms with van der Waals surface area (Å²) in [6.07, 6.45) is 2.07. The van der Waals surface area contributed by atoms with Gasteiger partial charge in [0, 0.05) is 5.92 Å². The number of ether oxygens (including phenoxy) is 1. The smallest absolute Gasteiger partial charge is 0.111 e. The van der Waals surface area contributed by atoms with Gasteiger partial charge in [0.25, 0.3) is 0 Å². The van der Waals surface area contributed by atoms with E-state index in [1.165, 1.54) is 12.8 Å². The first-order valence-corrected chi connectivity index (χ1v) is 7.30. The molecule has 3 aliphatic rings. The fraction of sp³-hybridized carbons (Fsp3) is 1.00. The van der Waals surface area contributed by atoms with Gasteiger partial charge in [0.05, 0.1) is 17.8 Å². The molecule has 1 aliphatic heterocycles. The van der Waals surface area contributed by atoms with E-state index in [1.54, 1.807) is 0 Å². The van der Waals surface area contributed by atoms with Crippen LogP contribution in [0.1, 0.15) is 47.0 Å². The SMILES string of the molecule is CC1(C)CCCC2C(O)C3OC(C)(C)C(C3O)C21. The van der Waals surface area contributed by atoms with E-state index in [-0.39, 0.29) is 23.0 Å². The normalized spacial score (nSPS) is 53.0. The van der Waals surface area contributed by atoms with Crippen molar-refractivity contribution in [1.82, 2.24) is 0 Å². The number of aliphatic hydroxyl groups excluding tert-OH is 2. The van der Waals surface area contributed by atoms with E-state index in [1.807, 2.05) is 0 Å². The first kappa shape index (κ1) is 12.9. The summed E-state index contributed by atoms with van der Waals surface area (Å²) in [5, 5.41) is 21.0. The fourth-order valence-corrected chi connectivity index (χ4v) is 5.13. The van der Waals surface area contributed by atoms with Crippen LogP contribution in [-0.2, 0) is 4.74 Å². The summed E-state index contributed by atoms with van der Waals surface area (Å²) in [4.78, 5) is 0. The van der Waals surface area contributed by atoms with E-state index < -0.39 is 12.2 Å². The van der Waals surface area contributed by atoms with Gasteiger partial charge >= 0.3 is 0 Å². The van der Waals surface area contributed by atoms with E-state index in [0.717, 1.165) is 6.42 Å². The maximum Gasteiger partial charge on any atom is 0.111 e. The summed E-state index contributed by atoms with van der Waals surface area (Å²) in [5.41, 5.74) is -0.134. The predicted molar refractivity (Wildman–Crippen MR) is 69.1 cm³/mol. The molecule has 2 bridgehead atoms. The highest BCUT2D eigenvalue weighted by molar-refractivity contribution is 5.12. The molecule has 0 aromatic rings. The molecular weight excluding hydrogens is 228 g/mol. The van der Waals surface area contributed by atoms with Crippen molar-refractivity contribution in [3.05, 3.63) is 0 Å². The molecule has 0 spiro atoms. The third-order valence-corrected chi connectivity index (χ3v) is 5.83. The molecule has 0 amide bonds. The van der Waals surface area contributed by atoms with Crippen molar-refractivity contribution in [2.24, 2.45) is 23.2 Å². The minimum absolute atomic E-state index is 0.159. The molecule has 3 heteroatoms.